The van der Waals surface area contributed by atoms with E-state index in [9.17, 15) is 9.59 Å². The molecule has 22 heavy (non-hydrogen) atoms. The molecule has 2 N–H and O–H groups in total. The van der Waals surface area contributed by atoms with Gasteiger partial charge in [-0.25, -0.2) is 4.79 Å². The molecule has 0 aliphatic carbocycles. The molecule has 1 aliphatic heterocycles. The number of amides is 2. The van der Waals surface area contributed by atoms with Gasteiger partial charge in [-0.05, 0) is 39.0 Å². The van der Waals surface area contributed by atoms with Crippen molar-refractivity contribution in [2.45, 2.75) is 52.7 Å². The molecule has 0 aromatic rings. The van der Waals surface area contributed by atoms with Gasteiger partial charge in [0.15, 0.2) is 0 Å². The molecule has 2 atom stereocenters. The first kappa shape index (κ1) is 18.7. The molecule has 1 fully saturated rings. The van der Waals surface area contributed by atoms with Gasteiger partial charge in [0, 0.05) is 26.7 Å². The van der Waals surface area contributed by atoms with Crippen LogP contribution in [0.25, 0.3) is 0 Å². The van der Waals surface area contributed by atoms with Crippen molar-refractivity contribution in [3.63, 3.8) is 0 Å². The van der Waals surface area contributed by atoms with Gasteiger partial charge in [-0.2, -0.15) is 0 Å². The lowest BCUT2D eigenvalue weighted by Crippen LogP contribution is -2.46. The number of nitrogens with zero attached hydrogens (tertiary/aromatic N) is 2. The molecule has 0 spiro atoms. The van der Waals surface area contributed by atoms with Crippen LogP contribution in [0, 0.1) is 11.8 Å². The number of likely N-dealkylation sites (N-methyl/N-ethyl adjacent to an activating group) is 1. The molecule has 0 saturated carbocycles. The summed E-state index contributed by atoms with van der Waals surface area (Å²) in [6.07, 6.45) is 0.608. The van der Waals surface area contributed by atoms with E-state index in [1.54, 1.807) is 16.8 Å². The van der Waals surface area contributed by atoms with Crippen LogP contribution in [0.1, 0.15) is 41.0 Å². The maximum Gasteiger partial charge on any atom is 0.410 e. The lowest BCUT2D eigenvalue weighted by Gasteiger charge is -2.27. The van der Waals surface area contributed by atoms with Crippen molar-refractivity contribution in [1.82, 2.24) is 9.80 Å². The van der Waals surface area contributed by atoms with Crippen LogP contribution in [-0.2, 0) is 9.53 Å². The van der Waals surface area contributed by atoms with E-state index in [1.165, 1.54) is 0 Å². The van der Waals surface area contributed by atoms with Gasteiger partial charge in [0.05, 0.1) is 6.04 Å². The number of hydrogen-bond donors (Lipinski definition) is 1. The Morgan fingerprint density at radius 3 is 2.45 bits per heavy atom. The highest BCUT2D eigenvalue weighted by Gasteiger charge is 2.31. The van der Waals surface area contributed by atoms with Crippen molar-refractivity contribution >= 4 is 12.0 Å². The summed E-state index contributed by atoms with van der Waals surface area (Å²) in [5.74, 6) is 0.364. The topological polar surface area (TPSA) is 75.9 Å². The molecule has 0 radical (unpaired) electrons. The minimum absolute atomic E-state index is 0.0364. The molecular weight excluding hydrogens is 282 g/mol. The van der Waals surface area contributed by atoms with Crippen LogP contribution < -0.4 is 5.73 Å². The summed E-state index contributed by atoms with van der Waals surface area (Å²) >= 11 is 0. The van der Waals surface area contributed by atoms with E-state index in [1.807, 2.05) is 34.6 Å². The Balaban J connectivity index is 2.47. The Morgan fingerprint density at radius 2 is 1.95 bits per heavy atom. The predicted octanol–water partition coefficient (Wildman–Crippen LogP) is 1.69. The lowest BCUT2D eigenvalue weighted by molar-refractivity contribution is -0.132. The third-order valence-electron chi connectivity index (χ3n) is 3.85. The highest BCUT2D eigenvalue weighted by molar-refractivity contribution is 5.81. The third-order valence-corrected chi connectivity index (χ3v) is 3.85. The summed E-state index contributed by atoms with van der Waals surface area (Å²) in [7, 11) is 1.78. The fourth-order valence-corrected chi connectivity index (χ4v) is 2.49. The lowest BCUT2D eigenvalue weighted by atomic mass is 10.0. The van der Waals surface area contributed by atoms with E-state index in [-0.39, 0.29) is 23.8 Å². The summed E-state index contributed by atoms with van der Waals surface area (Å²) in [4.78, 5) is 27.6. The van der Waals surface area contributed by atoms with Gasteiger partial charge in [0.25, 0.3) is 0 Å². The molecule has 6 nitrogen and oxygen atoms in total. The molecule has 6 heteroatoms. The molecule has 2 amide bonds. The molecule has 1 saturated heterocycles. The first-order chi connectivity index (χ1) is 10.0. The summed E-state index contributed by atoms with van der Waals surface area (Å²) in [6, 6.07) is -0.464. The maximum atomic E-state index is 12.2. The molecule has 128 valence electrons. The molecule has 0 aromatic heterocycles. The number of hydrogen-bond acceptors (Lipinski definition) is 4. The van der Waals surface area contributed by atoms with Crippen LogP contribution in [0.5, 0.6) is 0 Å². The largest absolute Gasteiger partial charge is 0.444 e. The fraction of sp³-hybridized carbons (Fsp3) is 0.875. The van der Waals surface area contributed by atoms with Crippen molar-refractivity contribution in [3.05, 3.63) is 0 Å². The zero-order chi connectivity index (χ0) is 17.1. The van der Waals surface area contributed by atoms with Crippen LogP contribution >= 0.6 is 0 Å². The molecule has 1 rings (SSSR count). The number of carbonyl (C=O) groups excluding carboxylic acids is 2. The Bertz CT molecular complexity index is 404. The van der Waals surface area contributed by atoms with Gasteiger partial charge in [-0.1, -0.05) is 13.8 Å². The normalized spacial score (nSPS) is 20.2. The average Bonchev–Trinajstić information content (AvgIpc) is 2.83. The van der Waals surface area contributed by atoms with Crippen molar-refractivity contribution < 1.29 is 14.3 Å². The second-order valence-corrected chi connectivity index (χ2v) is 7.57. The summed E-state index contributed by atoms with van der Waals surface area (Å²) in [6.45, 7) is 11.4. The Labute approximate surface area is 134 Å². The minimum Gasteiger partial charge on any atom is -0.444 e. The monoisotopic (exact) mass is 313 g/mol. The van der Waals surface area contributed by atoms with Gasteiger partial charge in [0.2, 0.25) is 5.91 Å². The quantitative estimate of drug-likeness (QED) is 0.857. The van der Waals surface area contributed by atoms with Crippen LogP contribution in [0.15, 0.2) is 0 Å². The van der Waals surface area contributed by atoms with Crippen LogP contribution in [-0.4, -0.2) is 60.1 Å². The first-order valence-corrected chi connectivity index (χ1v) is 7.99. The van der Waals surface area contributed by atoms with E-state index in [4.69, 9.17) is 10.5 Å². The third kappa shape index (κ3) is 5.48. The standard InChI is InChI=1S/C16H31N3O3/c1-11(2)13(17)14(20)18(6)9-12-7-8-19(10-12)15(21)22-16(3,4)5/h11-13H,7-10,17H2,1-6H3/t12?,13-/m0/s1. The van der Waals surface area contributed by atoms with E-state index in [0.29, 0.717) is 19.6 Å². The summed E-state index contributed by atoms with van der Waals surface area (Å²) in [5.41, 5.74) is 5.42. The molecule has 0 bridgehead atoms. The number of nitrogens with two attached hydrogens (primary N) is 1. The highest BCUT2D eigenvalue weighted by Crippen LogP contribution is 2.20. The van der Waals surface area contributed by atoms with E-state index in [0.717, 1.165) is 6.42 Å². The van der Waals surface area contributed by atoms with E-state index in [2.05, 4.69) is 0 Å². The van der Waals surface area contributed by atoms with Crippen LogP contribution in [0.2, 0.25) is 0 Å². The first-order valence-electron chi connectivity index (χ1n) is 7.99. The minimum atomic E-state index is -0.480. The number of rotatable bonds is 4. The van der Waals surface area contributed by atoms with Crippen LogP contribution in [0.3, 0.4) is 0 Å². The van der Waals surface area contributed by atoms with E-state index < -0.39 is 11.6 Å². The van der Waals surface area contributed by atoms with Crippen molar-refractivity contribution in [2.75, 3.05) is 26.7 Å². The van der Waals surface area contributed by atoms with Crippen molar-refractivity contribution in [3.8, 4) is 0 Å². The molecule has 1 unspecified atom stereocenters. The Kier molecular flexibility index (Phi) is 6.23. The maximum absolute atomic E-state index is 12.2. The molecule has 1 heterocycles. The average molecular weight is 313 g/mol. The van der Waals surface area contributed by atoms with Gasteiger partial charge < -0.3 is 20.3 Å². The number of carbonyl (C=O) groups is 2. The number of ether oxygens (including phenoxy) is 1. The Hall–Kier alpha value is -1.30. The van der Waals surface area contributed by atoms with Gasteiger partial charge >= 0.3 is 6.09 Å². The number of likely N-dealkylation sites (tertiary alicyclic amines) is 1. The second-order valence-electron chi connectivity index (χ2n) is 7.57. The fourth-order valence-electron chi connectivity index (χ4n) is 2.49. The smallest absolute Gasteiger partial charge is 0.410 e. The molecule has 1 aliphatic rings. The zero-order valence-corrected chi connectivity index (χ0v) is 14.8. The van der Waals surface area contributed by atoms with Gasteiger partial charge in [0.1, 0.15) is 5.60 Å². The SMILES string of the molecule is CC(C)[C@H](N)C(=O)N(C)CC1CCN(C(=O)OC(C)(C)C)C1. The van der Waals surface area contributed by atoms with Gasteiger partial charge in [-0.15, -0.1) is 0 Å². The van der Waals surface area contributed by atoms with Crippen molar-refractivity contribution in [2.24, 2.45) is 17.6 Å². The van der Waals surface area contributed by atoms with Crippen LogP contribution in [0.4, 0.5) is 4.79 Å². The Morgan fingerprint density at radius 1 is 1.36 bits per heavy atom. The van der Waals surface area contributed by atoms with E-state index >= 15 is 0 Å². The van der Waals surface area contributed by atoms with Crippen molar-refractivity contribution in [1.29, 1.82) is 0 Å². The molecule has 0 aromatic carbocycles. The molecular formula is C16H31N3O3. The zero-order valence-electron chi connectivity index (χ0n) is 14.8. The summed E-state index contributed by atoms with van der Waals surface area (Å²) < 4.78 is 5.38. The summed E-state index contributed by atoms with van der Waals surface area (Å²) in [5, 5.41) is 0. The van der Waals surface area contributed by atoms with Gasteiger partial charge in [-0.3, -0.25) is 4.79 Å². The predicted molar refractivity (Wildman–Crippen MR) is 86.4 cm³/mol. The highest BCUT2D eigenvalue weighted by atomic mass is 16.6. The second kappa shape index (κ2) is 7.31.